The molecule has 0 aromatic heterocycles. The second-order valence-electron chi connectivity index (χ2n) is 6.45. The van der Waals surface area contributed by atoms with Gasteiger partial charge in [-0.15, -0.1) is 0 Å². The predicted molar refractivity (Wildman–Crippen MR) is 86.6 cm³/mol. The molecule has 0 saturated carbocycles. The fourth-order valence-corrected chi connectivity index (χ4v) is 3.68. The van der Waals surface area contributed by atoms with Gasteiger partial charge in [-0.25, -0.2) is 9.59 Å². The summed E-state index contributed by atoms with van der Waals surface area (Å²) in [5, 5.41) is 0. The third-order valence-electron chi connectivity index (χ3n) is 4.96. The Balaban J connectivity index is 1.61. The molecular weight excluding hydrogens is 324 g/mol. The summed E-state index contributed by atoms with van der Waals surface area (Å²) in [4.78, 5) is 23.7. The molecule has 25 heavy (non-hydrogen) atoms. The van der Waals surface area contributed by atoms with Gasteiger partial charge in [0.1, 0.15) is 11.9 Å². The summed E-state index contributed by atoms with van der Waals surface area (Å²) in [7, 11) is 1.63. The average Bonchev–Trinajstić information content (AvgIpc) is 3.19. The summed E-state index contributed by atoms with van der Waals surface area (Å²) < 4.78 is 21.5. The van der Waals surface area contributed by atoms with Gasteiger partial charge in [0.25, 0.3) is 6.29 Å². The van der Waals surface area contributed by atoms with E-state index >= 15 is 0 Å². The van der Waals surface area contributed by atoms with Gasteiger partial charge >= 0.3 is 11.9 Å². The van der Waals surface area contributed by atoms with Crippen LogP contribution in [-0.4, -0.2) is 25.3 Å². The third kappa shape index (κ3) is 2.40. The third-order valence-corrected chi connectivity index (χ3v) is 4.96. The van der Waals surface area contributed by atoms with Crippen LogP contribution in [0.15, 0.2) is 35.6 Å². The highest BCUT2D eigenvalue weighted by Gasteiger charge is 2.48. The smallest absolute Gasteiger partial charge is 0.338 e. The lowest BCUT2D eigenvalue weighted by molar-refractivity contribution is -0.152. The average molecular weight is 342 g/mol. The van der Waals surface area contributed by atoms with Gasteiger partial charge in [-0.2, -0.15) is 0 Å². The van der Waals surface area contributed by atoms with E-state index in [4.69, 9.17) is 18.9 Å². The first-order valence-electron chi connectivity index (χ1n) is 8.12. The second-order valence-corrected chi connectivity index (χ2v) is 6.45. The van der Waals surface area contributed by atoms with Gasteiger partial charge in [-0.05, 0) is 31.9 Å². The van der Waals surface area contributed by atoms with Crippen LogP contribution in [0.4, 0.5) is 0 Å². The predicted octanol–water partition coefficient (Wildman–Crippen LogP) is 2.50. The molecule has 3 atom stereocenters. The lowest BCUT2D eigenvalue weighted by Gasteiger charge is -2.13. The molecule has 0 radical (unpaired) electrons. The number of benzene rings is 1. The fraction of sp³-hybridized carbons (Fsp3) is 0.368. The summed E-state index contributed by atoms with van der Waals surface area (Å²) in [6.45, 7) is 3.65. The number of aryl methyl sites for hydroxylation is 1. The zero-order chi connectivity index (χ0) is 17.7. The van der Waals surface area contributed by atoms with E-state index < -0.39 is 18.2 Å². The van der Waals surface area contributed by atoms with Gasteiger partial charge in [0.15, 0.2) is 0 Å². The normalized spacial score (nSPS) is 28.4. The monoisotopic (exact) mass is 342 g/mol. The van der Waals surface area contributed by atoms with Crippen LogP contribution in [0.25, 0.3) is 0 Å². The Hall–Kier alpha value is -2.76. The molecule has 0 amide bonds. The maximum atomic E-state index is 12.3. The van der Waals surface area contributed by atoms with Crippen molar-refractivity contribution < 1.29 is 28.5 Å². The molecule has 0 bridgehead atoms. The Kier molecular flexibility index (Phi) is 3.56. The van der Waals surface area contributed by atoms with Crippen molar-refractivity contribution in [2.45, 2.75) is 32.7 Å². The highest BCUT2D eigenvalue weighted by atomic mass is 16.7. The van der Waals surface area contributed by atoms with E-state index in [1.54, 1.807) is 20.1 Å². The quantitative estimate of drug-likeness (QED) is 0.477. The standard InChI is InChI=1S/C19H18O6/c1-9-4-5-14(22-3)12-7-11-13(19(21)25-17(11)16(9)12)8-23-15-6-10(2)18(20)24-15/h4-6,8,11,15,17H,7H2,1-3H3/t11-,15+,17+/m0/s1. The van der Waals surface area contributed by atoms with Gasteiger partial charge in [0, 0.05) is 28.7 Å². The van der Waals surface area contributed by atoms with Crippen molar-refractivity contribution in [2.75, 3.05) is 7.11 Å². The molecule has 6 heteroatoms. The van der Waals surface area contributed by atoms with Gasteiger partial charge in [0.05, 0.1) is 18.9 Å². The molecule has 1 aromatic carbocycles. The van der Waals surface area contributed by atoms with Crippen molar-refractivity contribution in [1.29, 1.82) is 0 Å². The van der Waals surface area contributed by atoms with Gasteiger partial charge in [0.2, 0.25) is 0 Å². The van der Waals surface area contributed by atoms with Crippen molar-refractivity contribution in [2.24, 2.45) is 5.92 Å². The summed E-state index contributed by atoms with van der Waals surface area (Å²) in [5.41, 5.74) is 4.10. The summed E-state index contributed by atoms with van der Waals surface area (Å²) >= 11 is 0. The Morgan fingerprint density at radius 1 is 1.16 bits per heavy atom. The molecule has 0 spiro atoms. The van der Waals surface area contributed by atoms with E-state index in [0.717, 1.165) is 22.4 Å². The van der Waals surface area contributed by atoms with E-state index in [2.05, 4.69) is 0 Å². The molecule has 4 rings (SSSR count). The number of cyclic esters (lactones) is 1. The molecule has 2 heterocycles. The topological polar surface area (TPSA) is 71.1 Å². The molecule has 3 aliphatic rings. The Morgan fingerprint density at radius 2 is 1.96 bits per heavy atom. The molecule has 0 N–H and O–H groups in total. The van der Waals surface area contributed by atoms with E-state index in [1.807, 2.05) is 19.1 Å². The first kappa shape index (κ1) is 15.7. The molecule has 0 unspecified atom stereocenters. The number of carbonyl (C=O) groups excluding carboxylic acids is 2. The van der Waals surface area contributed by atoms with Crippen LogP contribution in [0, 0.1) is 12.8 Å². The van der Waals surface area contributed by atoms with Crippen molar-refractivity contribution >= 4 is 11.9 Å². The molecular formula is C19H18O6. The van der Waals surface area contributed by atoms with Crippen molar-refractivity contribution in [3.8, 4) is 5.75 Å². The number of ether oxygens (including phenoxy) is 4. The Bertz CT molecular complexity index is 835. The number of fused-ring (bicyclic) bond motifs is 3. The number of rotatable bonds is 3. The molecule has 1 aliphatic carbocycles. The first-order chi connectivity index (χ1) is 12.0. The van der Waals surface area contributed by atoms with Gasteiger partial charge in [-0.1, -0.05) is 6.07 Å². The van der Waals surface area contributed by atoms with Crippen LogP contribution in [0.5, 0.6) is 5.75 Å². The van der Waals surface area contributed by atoms with Crippen molar-refractivity contribution in [3.05, 3.63) is 52.3 Å². The summed E-state index contributed by atoms with van der Waals surface area (Å²) in [6, 6.07) is 3.90. The molecule has 2 aliphatic heterocycles. The van der Waals surface area contributed by atoms with Gasteiger partial charge in [-0.3, -0.25) is 0 Å². The summed E-state index contributed by atoms with van der Waals surface area (Å²) in [5.74, 6) is -0.133. The number of carbonyl (C=O) groups is 2. The molecule has 1 fully saturated rings. The van der Waals surface area contributed by atoms with E-state index in [9.17, 15) is 9.59 Å². The van der Waals surface area contributed by atoms with E-state index in [0.29, 0.717) is 17.6 Å². The van der Waals surface area contributed by atoms with Crippen LogP contribution in [-0.2, 0) is 30.2 Å². The molecule has 1 aromatic rings. The highest BCUT2D eigenvalue weighted by molar-refractivity contribution is 5.92. The second kappa shape index (κ2) is 5.65. The minimum absolute atomic E-state index is 0.125. The highest BCUT2D eigenvalue weighted by Crippen LogP contribution is 2.51. The number of methoxy groups -OCH3 is 1. The molecule has 6 nitrogen and oxygen atoms in total. The zero-order valence-electron chi connectivity index (χ0n) is 14.2. The number of hydrogen-bond acceptors (Lipinski definition) is 6. The maximum Gasteiger partial charge on any atom is 0.338 e. The minimum Gasteiger partial charge on any atom is -0.496 e. The van der Waals surface area contributed by atoms with Gasteiger partial charge < -0.3 is 18.9 Å². The minimum atomic E-state index is -0.799. The Morgan fingerprint density at radius 3 is 2.64 bits per heavy atom. The zero-order valence-corrected chi connectivity index (χ0v) is 14.2. The lowest BCUT2D eigenvalue weighted by atomic mass is 9.97. The lowest BCUT2D eigenvalue weighted by Crippen LogP contribution is -2.12. The largest absolute Gasteiger partial charge is 0.496 e. The SMILES string of the molecule is COc1ccc(C)c2c1C[C@H]1C(=CO[C@H]3C=C(C)C(=O)O3)C(=O)O[C@@H]21. The van der Waals surface area contributed by atoms with Crippen LogP contribution >= 0.6 is 0 Å². The van der Waals surface area contributed by atoms with Crippen LogP contribution in [0.1, 0.15) is 29.7 Å². The number of hydrogen-bond donors (Lipinski definition) is 0. The van der Waals surface area contributed by atoms with Crippen molar-refractivity contribution in [3.63, 3.8) is 0 Å². The van der Waals surface area contributed by atoms with Crippen LogP contribution < -0.4 is 4.74 Å². The molecule has 1 saturated heterocycles. The summed E-state index contributed by atoms with van der Waals surface area (Å²) in [6.07, 6.45) is 2.47. The first-order valence-corrected chi connectivity index (χ1v) is 8.12. The van der Waals surface area contributed by atoms with Crippen LogP contribution in [0.3, 0.4) is 0 Å². The molecule has 130 valence electrons. The van der Waals surface area contributed by atoms with E-state index in [1.165, 1.54) is 6.26 Å². The number of esters is 2. The van der Waals surface area contributed by atoms with Crippen molar-refractivity contribution in [1.82, 2.24) is 0 Å². The maximum absolute atomic E-state index is 12.3. The van der Waals surface area contributed by atoms with Crippen LogP contribution in [0.2, 0.25) is 0 Å². The Labute approximate surface area is 145 Å². The fourth-order valence-electron chi connectivity index (χ4n) is 3.68. The van der Waals surface area contributed by atoms with E-state index in [-0.39, 0.29) is 12.0 Å².